The van der Waals surface area contributed by atoms with Crippen LogP contribution in [0.15, 0.2) is 17.5 Å². The molecule has 8 heteroatoms. The maximum Gasteiger partial charge on any atom is 0.242 e. The highest BCUT2D eigenvalue weighted by molar-refractivity contribution is 7.19. The molecule has 1 saturated heterocycles. The summed E-state index contributed by atoms with van der Waals surface area (Å²) in [5, 5.41) is 3.11. The molecule has 4 heterocycles. The first kappa shape index (κ1) is 19.3. The third kappa shape index (κ3) is 3.64. The van der Waals surface area contributed by atoms with Crippen LogP contribution < -0.4 is 9.80 Å². The monoisotopic (exact) mass is 416 g/mol. The number of carbonyl (C=O) groups excluding carboxylic acids is 1. The van der Waals surface area contributed by atoms with Crippen LogP contribution in [0.25, 0.3) is 20.9 Å². The Bertz CT molecular complexity index is 990. The fourth-order valence-electron chi connectivity index (χ4n) is 3.54. The van der Waals surface area contributed by atoms with Gasteiger partial charge in [0, 0.05) is 11.9 Å². The molecule has 0 atom stereocenters. The smallest absolute Gasteiger partial charge is 0.242 e. The Labute approximate surface area is 173 Å². The number of quaternary nitrogens is 1. The van der Waals surface area contributed by atoms with E-state index in [1.54, 1.807) is 22.7 Å². The van der Waals surface area contributed by atoms with Gasteiger partial charge in [0.25, 0.3) is 0 Å². The highest BCUT2D eigenvalue weighted by atomic mass is 32.1. The topological polar surface area (TPSA) is 53.8 Å². The summed E-state index contributed by atoms with van der Waals surface area (Å²) in [4.78, 5) is 31.3. The summed E-state index contributed by atoms with van der Waals surface area (Å²) in [7, 11) is 4.14. The van der Waals surface area contributed by atoms with Crippen LogP contribution in [-0.4, -0.2) is 67.6 Å². The number of hydrogen-bond donors (Lipinski definition) is 1. The van der Waals surface area contributed by atoms with E-state index >= 15 is 0 Å². The molecule has 0 bridgehead atoms. The lowest BCUT2D eigenvalue weighted by Crippen LogP contribution is -3.12. The van der Waals surface area contributed by atoms with Gasteiger partial charge < -0.3 is 14.7 Å². The molecule has 0 saturated carbocycles. The van der Waals surface area contributed by atoms with Crippen molar-refractivity contribution in [1.82, 2.24) is 14.9 Å². The van der Waals surface area contributed by atoms with Gasteiger partial charge in [-0.1, -0.05) is 6.07 Å². The number of anilines is 1. The minimum atomic E-state index is 0.170. The first-order valence-electron chi connectivity index (χ1n) is 9.56. The molecule has 0 spiro atoms. The van der Waals surface area contributed by atoms with E-state index in [2.05, 4.69) is 20.9 Å². The lowest BCUT2D eigenvalue weighted by molar-refractivity contribution is -0.883. The Balaban J connectivity index is 1.67. The van der Waals surface area contributed by atoms with E-state index in [4.69, 9.17) is 9.97 Å². The average Bonchev–Trinajstić information content (AvgIpc) is 3.30. The van der Waals surface area contributed by atoms with Crippen molar-refractivity contribution in [2.75, 3.05) is 51.7 Å². The molecule has 148 valence electrons. The number of hydrogen-bond acceptors (Lipinski definition) is 6. The molecule has 1 amide bonds. The summed E-state index contributed by atoms with van der Waals surface area (Å²) in [5.41, 5.74) is 1.20. The van der Waals surface area contributed by atoms with Gasteiger partial charge in [0.15, 0.2) is 5.82 Å². The highest BCUT2D eigenvalue weighted by Gasteiger charge is 2.24. The maximum atomic E-state index is 12.9. The van der Waals surface area contributed by atoms with Gasteiger partial charge in [-0.2, -0.15) is 0 Å². The van der Waals surface area contributed by atoms with E-state index in [-0.39, 0.29) is 5.91 Å². The first-order valence-corrected chi connectivity index (χ1v) is 11.3. The van der Waals surface area contributed by atoms with Gasteiger partial charge >= 0.3 is 0 Å². The third-order valence-corrected chi connectivity index (χ3v) is 7.42. The van der Waals surface area contributed by atoms with E-state index < -0.39 is 0 Å². The summed E-state index contributed by atoms with van der Waals surface area (Å²) in [6, 6.07) is 4.06. The van der Waals surface area contributed by atoms with Crippen molar-refractivity contribution in [3.8, 4) is 10.7 Å². The summed E-state index contributed by atoms with van der Waals surface area (Å²) in [6.45, 7) is 8.25. The largest absolute Gasteiger partial charge is 0.350 e. The highest BCUT2D eigenvalue weighted by Crippen LogP contribution is 2.36. The minimum Gasteiger partial charge on any atom is -0.350 e. The van der Waals surface area contributed by atoms with E-state index in [1.165, 1.54) is 15.3 Å². The summed E-state index contributed by atoms with van der Waals surface area (Å²) in [5.74, 6) is 1.76. The molecule has 4 rings (SSSR count). The molecule has 6 nitrogen and oxygen atoms in total. The van der Waals surface area contributed by atoms with Crippen molar-refractivity contribution < 1.29 is 9.69 Å². The molecule has 0 radical (unpaired) electrons. The molecule has 0 aliphatic carbocycles. The number of nitrogens with zero attached hydrogens (tertiary/aromatic N) is 4. The van der Waals surface area contributed by atoms with Crippen molar-refractivity contribution in [3.63, 3.8) is 0 Å². The lowest BCUT2D eigenvalue weighted by atomic mass is 10.2. The second kappa shape index (κ2) is 7.77. The van der Waals surface area contributed by atoms with Crippen LogP contribution in [0.3, 0.4) is 0 Å². The Morgan fingerprint density at radius 2 is 2.04 bits per heavy atom. The number of carbonyl (C=O) groups is 1. The van der Waals surface area contributed by atoms with Crippen LogP contribution in [0.4, 0.5) is 5.82 Å². The zero-order valence-corrected chi connectivity index (χ0v) is 18.4. The van der Waals surface area contributed by atoms with E-state index in [9.17, 15) is 4.79 Å². The molecule has 0 aromatic carbocycles. The summed E-state index contributed by atoms with van der Waals surface area (Å²) in [6.07, 6.45) is 0. The molecule has 1 aliphatic heterocycles. The predicted octanol–water partition coefficient (Wildman–Crippen LogP) is 1.83. The van der Waals surface area contributed by atoms with Crippen molar-refractivity contribution in [3.05, 3.63) is 28.0 Å². The molecule has 1 N–H and O–H groups in total. The van der Waals surface area contributed by atoms with Crippen molar-refractivity contribution in [2.45, 2.75) is 13.8 Å². The number of aromatic nitrogens is 2. The Morgan fingerprint density at radius 1 is 1.29 bits per heavy atom. The zero-order chi connectivity index (χ0) is 19.8. The molecule has 28 heavy (non-hydrogen) atoms. The van der Waals surface area contributed by atoms with Gasteiger partial charge in [0.1, 0.15) is 10.6 Å². The normalized spacial score (nSPS) is 15.4. The van der Waals surface area contributed by atoms with Crippen LogP contribution in [0.1, 0.15) is 10.4 Å². The minimum absolute atomic E-state index is 0.170. The number of rotatable bonds is 4. The second-order valence-electron chi connectivity index (χ2n) is 7.51. The Hall–Kier alpha value is -2.03. The number of amides is 1. The van der Waals surface area contributed by atoms with Crippen LogP contribution >= 0.6 is 22.7 Å². The average molecular weight is 417 g/mol. The van der Waals surface area contributed by atoms with Gasteiger partial charge in [0.05, 0.1) is 50.0 Å². The van der Waals surface area contributed by atoms with Crippen LogP contribution in [0, 0.1) is 13.8 Å². The maximum absolute atomic E-state index is 12.9. The van der Waals surface area contributed by atoms with Gasteiger partial charge in [-0.25, -0.2) is 9.97 Å². The number of fused-ring (bicyclic) bond motifs is 1. The van der Waals surface area contributed by atoms with Crippen LogP contribution in [-0.2, 0) is 4.79 Å². The third-order valence-electron chi connectivity index (χ3n) is 5.45. The van der Waals surface area contributed by atoms with Crippen molar-refractivity contribution in [2.24, 2.45) is 0 Å². The molecule has 3 aromatic rings. The van der Waals surface area contributed by atoms with Crippen LogP contribution in [0.5, 0.6) is 0 Å². The number of piperazine rings is 1. The molecule has 1 aliphatic rings. The Kier molecular flexibility index (Phi) is 5.35. The van der Waals surface area contributed by atoms with Crippen molar-refractivity contribution >= 4 is 44.6 Å². The number of thiophene rings is 2. The SMILES string of the molecule is Cc1sc2nc(-c3cccs3)nc(N(C)CC(=O)N3CC[NH+](C)CC3)c2c1C. The standard InChI is InChI=1S/C20H25N5OS2/c1-13-14(2)28-20-17(13)19(21-18(22-20)15-6-5-11-27-15)24(4)12-16(26)25-9-7-23(3)8-10-25/h5-6,11H,7-10,12H2,1-4H3/p+1. The summed E-state index contributed by atoms with van der Waals surface area (Å²) >= 11 is 3.33. The molecule has 3 aromatic heterocycles. The van der Waals surface area contributed by atoms with E-state index in [0.717, 1.165) is 52.9 Å². The summed E-state index contributed by atoms with van der Waals surface area (Å²) < 4.78 is 0. The fourth-order valence-corrected chi connectivity index (χ4v) is 5.22. The van der Waals surface area contributed by atoms with E-state index in [1.807, 2.05) is 34.4 Å². The number of nitrogens with one attached hydrogen (secondary N) is 1. The predicted molar refractivity (Wildman–Crippen MR) is 117 cm³/mol. The first-order chi connectivity index (χ1) is 13.4. The quantitative estimate of drug-likeness (QED) is 0.705. The van der Waals surface area contributed by atoms with Crippen LogP contribution in [0.2, 0.25) is 0 Å². The van der Waals surface area contributed by atoms with Gasteiger partial charge in [-0.05, 0) is 30.9 Å². The number of aryl methyl sites for hydroxylation is 2. The zero-order valence-electron chi connectivity index (χ0n) is 16.8. The number of likely N-dealkylation sites (N-methyl/N-ethyl adjacent to an activating group) is 2. The fraction of sp³-hybridized carbons (Fsp3) is 0.450. The van der Waals surface area contributed by atoms with Gasteiger partial charge in [-0.15, -0.1) is 22.7 Å². The van der Waals surface area contributed by atoms with Gasteiger partial charge in [0.2, 0.25) is 5.91 Å². The van der Waals surface area contributed by atoms with Crippen molar-refractivity contribution in [1.29, 1.82) is 0 Å². The molecule has 0 unspecified atom stereocenters. The lowest BCUT2D eigenvalue weighted by Gasteiger charge is -2.31. The molecular formula is C20H26N5OS2+. The Morgan fingerprint density at radius 3 is 2.71 bits per heavy atom. The second-order valence-corrected chi connectivity index (χ2v) is 9.66. The van der Waals surface area contributed by atoms with Gasteiger partial charge in [-0.3, -0.25) is 4.79 Å². The molecular weight excluding hydrogens is 390 g/mol. The molecule has 1 fully saturated rings. The van der Waals surface area contributed by atoms with E-state index in [0.29, 0.717) is 6.54 Å².